The summed E-state index contributed by atoms with van der Waals surface area (Å²) in [7, 11) is 0. The van der Waals surface area contributed by atoms with Gasteiger partial charge < -0.3 is 9.47 Å². The molecule has 0 saturated heterocycles. The van der Waals surface area contributed by atoms with Crippen LogP contribution in [-0.4, -0.2) is 18.5 Å². The molecule has 4 nitrogen and oxygen atoms in total. The molecule has 2 aromatic rings. The van der Waals surface area contributed by atoms with Crippen molar-refractivity contribution in [3.05, 3.63) is 42.5 Å². The maximum atomic E-state index is 11.8. The van der Waals surface area contributed by atoms with E-state index in [9.17, 15) is 9.59 Å². The Bertz CT molecular complexity index is 676. The van der Waals surface area contributed by atoms with Crippen LogP contribution in [-0.2, 0) is 14.3 Å². The van der Waals surface area contributed by atoms with Crippen molar-refractivity contribution >= 4 is 22.7 Å². The van der Waals surface area contributed by atoms with Crippen molar-refractivity contribution in [3.8, 4) is 5.75 Å². The van der Waals surface area contributed by atoms with Crippen LogP contribution >= 0.6 is 0 Å². The summed E-state index contributed by atoms with van der Waals surface area (Å²) in [6, 6.07) is 13.4. The lowest BCUT2D eigenvalue weighted by molar-refractivity contribution is -0.145. The van der Waals surface area contributed by atoms with E-state index < -0.39 is 0 Å². The number of benzene rings is 2. The van der Waals surface area contributed by atoms with Gasteiger partial charge in [0, 0.05) is 12.8 Å². The van der Waals surface area contributed by atoms with E-state index in [0.29, 0.717) is 24.7 Å². The Morgan fingerprint density at radius 1 is 0.957 bits per heavy atom. The van der Waals surface area contributed by atoms with Crippen molar-refractivity contribution in [2.45, 2.75) is 33.1 Å². The van der Waals surface area contributed by atoms with Gasteiger partial charge in [0.2, 0.25) is 0 Å². The standard InChI is InChI=1S/C19H22O4/c1-14(2)13-22-18(20)8-5-9-19(21)23-17-11-10-15-6-3-4-7-16(15)12-17/h3-4,6-7,10-12,14H,5,8-9,13H2,1-2H3. The smallest absolute Gasteiger partial charge is 0.311 e. The Balaban J connectivity index is 1.76. The fourth-order valence-corrected chi connectivity index (χ4v) is 2.12. The Hall–Kier alpha value is -2.36. The fourth-order valence-electron chi connectivity index (χ4n) is 2.12. The van der Waals surface area contributed by atoms with Gasteiger partial charge in [-0.1, -0.05) is 44.2 Å². The van der Waals surface area contributed by atoms with Gasteiger partial charge in [-0.15, -0.1) is 0 Å². The van der Waals surface area contributed by atoms with Crippen molar-refractivity contribution in [2.75, 3.05) is 6.61 Å². The average molecular weight is 314 g/mol. The first-order valence-corrected chi connectivity index (χ1v) is 7.89. The zero-order valence-corrected chi connectivity index (χ0v) is 13.6. The first-order valence-electron chi connectivity index (χ1n) is 7.89. The van der Waals surface area contributed by atoms with E-state index in [4.69, 9.17) is 9.47 Å². The molecular weight excluding hydrogens is 292 g/mol. The Morgan fingerprint density at radius 2 is 1.65 bits per heavy atom. The molecule has 0 aliphatic carbocycles. The molecule has 23 heavy (non-hydrogen) atoms. The third-order valence-electron chi connectivity index (χ3n) is 3.29. The molecule has 2 aromatic carbocycles. The average Bonchev–Trinajstić information content (AvgIpc) is 2.53. The second-order valence-electron chi connectivity index (χ2n) is 5.91. The van der Waals surface area contributed by atoms with Crippen molar-refractivity contribution in [1.29, 1.82) is 0 Å². The lowest BCUT2D eigenvalue weighted by Gasteiger charge is -2.07. The molecule has 0 aliphatic heterocycles. The third kappa shape index (κ3) is 5.74. The fraction of sp³-hybridized carbons (Fsp3) is 0.368. The summed E-state index contributed by atoms with van der Waals surface area (Å²) in [5.74, 6) is 0.238. The number of ether oxygens (including phenoxy) is 2. The number of rotatable bonds is 7. The molecule has 0 atom stereocenters. The summed E-state index contributed by atoms with van der Waals surface area (Å²) < 4.78 is 10.4. The van der Waals surface area contributed by atoms with Crippen LogP contribution in [0.3, 0.4) is 0 Å². The second kappa shape index (κ2) is 8.32. The second-order valence-corrected chi connectivity index (χ2v) is 5.91. The minimum atomic E-state index is -0.336. The molecule has 0 radical (unpaired) electrons. The van der Waals surface area contributed by atoms with E-state index in [2.05, 4.69) is 0 Å². The lowest BCUT2D eigenvalue weighted by Crippen LogP contribution is -2.12. The molecular formula is C19H22O4. The van der Waals surface area contributed by atoms with Gasteiger partial charge in [-0.05, 0) is 35.2 Å². The minimum Gasteiger partial charge on any atom is -0.465 e. The number of hydrogen-bond acceptors (Lipinski definition) is 4. The topological polar surface area (TPSA) is 52.6 Å². The SMILES string of the molecule is CC(C)COC(=O)CCCC(=O)Oc1ccc2ccccc2c1. The van der Waals surface area contributed by atoms with E-state index in [0.717, 1.165) is 10.8 Å². The summed E-state index contributed by atoms with van der Waals surface area (Å²) in [6.07, 6.45) is 0.868. The predicted molar refractivity (Wildman–Crippen MR) is 89.2 cm³/mol. The molecule has 0 aromatic heterocycles. The van der Waals surface area contributed by atoms with Crippen LogP contribution in [0.2, 0.25) is 0 Å². The molecule has 0 fully saturated rings. The van der Waals surface area contributed by atoms with Crippen LogP contribution in [0.25, 0.3) is 10.8 Å². The highest BCUT2D eigenvalue weighted by molar-refractivity contribution is 5.84. The molecule has 122 valence electrons. The maximum absolute atomic E-state index is 11.8. The third-order valence-corrected chi connectivity index (χ3v) is 3.29. The number of carbonyl (C=O) groups is 2. The molecule has 0 bridgehead atoms. The highest BCUT2D eigenvalue weighted by Gasteiger charge is 2.09. The van der Waals surface area contributed by atoms with E-state index >= 15 is 0 Å². The van der Waals surface area contributed by atoms with Gasteiger partial charge in [-0.2, -0.15) is 0 Å². The zero-order chi connectivity index (χ0) is 16.7. The van der Waals surface area contributed by atoms with Crippen LogP contribution in [0.5, 0.6) is 5.75 Å². The first-order chi connectivity index (χ1) is 11.0. The summed E-state index contributed by atoms with van der Waals surface area (Å²) in [4.78, 5) is 23.3. The Labute approximate surface area is 136 Å². The van der Waals surface area contributed by atoms with Crippen LogP contribution < -0.4 is 4.74 Å². The Kier molecular flexibility index (Phi) is 6.15. The monoisotopic (exact) mass is 314 g/mol. The molecule has 4 heteroatoms. The quantitative estimate of drug-likeness (QED) is 0.570. The number of carbonyl (C=O) groups excluding carboxylic acids is 2. The summed E-state index contributed by atoms with van der Waals surface area (Å²) in [6.45, 7) is 4.38. The van der Waals surface area contributed by atoms with Gasteiger partial charge in [0.25, 0.3) is 0 Å². The van der Waals surface area contributed by atoms with Gasteiger partial charge in [0.05, 0.1) is 6.61 Å². The van der Waals surface area contributed by atoms with Crippen molar-refractivity contribution in [2.24, 2.45) is 5.92 Å². The first kappa shape index (κ1) is 17.0. The molecule has 0 unspecified atom stereocenters. The van der Waals surface area contributed by atoms with Crippen LogP contribution in [0.4, 0.5) is 0 Å². The summed E-state index contributed by atoms with van der Waals surface area (Å²) >= 11 is 0. The highest BCUT2D eigenvalue weighted by atomic mass is 16.5. The molecule has 0 spiro atoms. The number of fused-ring (bicyclic) bond motifs is 1. The summed E-state index contributed by atoms with van der Waals surface area (Å²) in [5, 5.41) is 2.12. The molecule has 0 N–H and O–H groups in total. The molecule has 0 saturated carbocycles. The van der Waals surface area contributed by atoms with Crippen molar-refractivity contribution in [1.82, 2.24) is 0 Å². The zero-order valence-electron chi connectivity index (χ0n) is 13.6. The van der Waals surface area contributed by atoms with Crippen LogP contribution in [0.1, 0.15) is 33.1 Å². The molecule has 2 rings (SSSR count). The van der Waals surface area contributed by atoms with E-state index in [-0.39, 0.29) is 24.8 Å². The van der Waals surface area contributed by atoms with Crippen molar-refractivity contribution < 1.29 is 19.1 Å². The Morgan fingerprint density at radius 3 is 2.39 bits per heavy atom. The maximum Gasteiger partial charge on any atom is 0.311 e. The van der Waals surface area contributed by atoms with Crippen LogP contribution in [0, 0.1) is 5.92 Å². The minimum absolute atomic E-state index is 0.198. The van der Waals surface area contributed by atoms with E-state index in [1.54, 1.807) is 6.07 Å². The van der Waals surface area contributed by atoms with Crippen molar-refractivity contribution in [3.63, 3.8) is 0 Å². The number of esters is 2. The molecule has 0 amide bonds. The molecule has 0 heterocycles. The van der Waals surface area contributed by atoms with Gasteiger partial charge in [-0.3, -0.25) is 9.59 Å². The van der Waals surface area contributed by atoms with Crippen LogP contribution in [0.15, 0.2) is 42.5 Å². The predicted octanol–water partition coefficient (Wildman–Crippen LogP) is 4.11. The largest absolute Gasteiger partial charge is 0.465 e. The molecule has 0 aliphatic rings. The van der Waals surface area contributed by atoms with Gasteiger partial charge >= 0.3 is 11.9 Å². The lowest BCUT2D eigenvalue weighted by atomic mass is 10.1. The normalized spacial score (nSPS) is 10.7. The van der Waals surface area contributed by atoms with Gasteiger partial charge in [0.1, 0.15) is 5.75 Å². The van der Waals surface area contributed by atoms with Gasteiger partial charge in [-0.25, -0.2) is 0 Å². The number of hydrogen-bond donors (Lipinski definition) is 0. The van der Waals surface area contributed by atoms with E-state index in [1.165, 1.54) is 0 Å². The summed E-state index contributed by atoms with van der Waals surface area (Å²) in [5.41, 5.74) is 0. The highest BCUT2D eigenvalue weighted by Crippen LogP contribution is 2.21. The van der Waals surface area contributed by atoms with Gasteiger partial charge in [0.15, 0.2) is 0 Å². The van der Waals surface area contributed by atoms with E-state index in [1.807, 2.05) is 50.2 Å².